The molecule has 1 amide bonds. The van der Waals surface area contributed by atoms with Crippen molar-refractivity contribution in [1.82, 2.24) is 10.2 Å². The zero-order valence-electron chi connectivity index (χ0n) is 5.63. The molecule has 1 atom stereocenters. The molecule has 1 saturated heterocycles. The van der Waals surface area contributed by atoms with Crippen LogP contribution in [0.25, 0.3) is 0 Å². The van der Waals surface area contributed by atoms with Gasteiger partial charge in [-0.1, -0.05) is 0 Å². The van der Waals surface area contributed by atoms with Crippen molar-refractivity contribution in [3.63, 3.8) is 0 Å². The predicted molar refractivity (Wildman–Crippen MR) is 34.9 cm³/mol. The van der Waals surface area contributed by atoms with Crippen molar-refractivity contribution in [3.05, 3.63) is 0 Å². The number of carbonyl (C=O) groups is 1. The van der Waals surface area contributed by atoms with E-state index in [9.17, 15) is 4.79 Å². The van der Waals surface area contributed by atoms with Crippen molar-refractivity contribution in [3.8, 4) is 0 Å². The zero-order valence-corrected chi connectivity index (χ0v) is 5.63. The van der Waals surface area contributed by atoms with Crippen LogP contribution in [0.2, 0.25) is 0 Å². The van der Waals surface area contributed by atoms with E-state index >= 15 is 0 Å². The van der Waals surface area contributed by atoms with Crippen LogP contribution in [-0.2, 0) is 4.79 Å². The Hall–Kier alpha value is -0.570. The molecule has 0 aromatic rings. The summed E-state index contributed by atoms with van der Waals surface area (Å²) in [7, 11) is 2.02. The number of carbonyl (C=O) groups excluding carboxylic acids is 1. The molecule has 0 saturated carbocycles. The SMILES string of the molecule is CN1CCCC1NC=O. The number of nitrogens with one attached hydrogen (secondary N) is 1. The normalized spacial score (nSPS) is 28.3. The van der Waals surface area contributed by atoms with Crippen LogP contribution in [-0.4, -0.2) is 31.1 Å². The van der Waals surface area contributed by atoms with Crippen LogP contribution in [0.5, 0.6) is 0 Å². The molecule has 1 heterocycles. The second-order valence-corrected chi connectivity index (χ2v) is 2.42. The molecule has 3 nitrogen and oxygen atoms in total. The highest BCUT2D eigenvalue weighted by Crippen LogP contribution is 2.10. The second kappa shape index (κ2) is 2.82. The lowest BCUT2D eigenvalue weighted by Crippen LogP contribution is -2.37. The van der Waals surface area contributed by atoms with Gasteiger partial charge in [-0.05, 0) is 26.4 Å². The predicted octanol–water partition coefficient (Wildman–Crippen LogP) is -0.216. The molecule has 0 aromatic heterocycles. The quantitative estimate of drug-likeness (QED) is 0.522. The summed E-state index contributed by atoms with van der Waals surface area (Å²) in [6.45, 7) is 1.10. The van der Waals surface area contributed by atoms with Crippen molar-refractivity contribution < 1.29 is 4.79 Å². The lowest BCUT2D eigenvalue weighted by atomic mass is 10.3. The van der Waals surface area contributed by atoms with E-state index in [1.807, 2.05) is 7.05 Å². The minimum Gasteiger partial charge on any atom is -0.343 e. The van der Waals surface area contributed by atoms with Gasteiger partial charge in [0.05, 0.1) is 6.17 Å². The molecule has 9 heavy (non-hydrogen) atoms. The third kappa shape index (κ3) is 1.42. The lowest BCUT2D eigenvalue weighted by molar-refractivity contribution is -0.110. The number of rotatable bonds is 2. The van der Waals surface area contributed by atoms with Gasteiger partial charge in [0.15, 0.2) is 0 Å². The Balaban J connectivity index is 2.30. The first-order chi connectivity index (χ1) is 4.34. The molecule has 0 bridgehead atoms. The molecule has 3 heteroatoms. The van der Waals surface area contributed by atoms with Crippen molar-refractivity contribution in [1.29, 1.82) is 0 Å². The number of hydrogen-bond donors (Lipinski definition) is 1. The Morgan fingerprint density at radius 2 is 2.56 bits per heavy atom. The highest BCUT2D eigenvalue weighted by Gasteiger charge is 2.18. The van der Waals surface area contributed by atoms with E-state index in [0.717, 1.165) is 19.4 Å². The lowest BCUT2D eigenvalue weighted by Gasteiger charge is -2.17. The van der Waals surface area contributed by atoms with Crippen LogP contribution in [0.4, 0.5) is 0 Å². The van der Waals surface area contributed by atoms with E-state index < -0.39 is 0 Å². The molecule has 1 unspecified atom stereocenters. The first-order valence-corrected chi connectivity index (χ1v) is 3.24. The topological polar surface area (TPSA) is 32.3 Å². The number of hydrogen-bond acceptors (Lipinski definition) is 2. The van der Waals surface area contributed by atoms with Gasteiger partial charge in [0.2, 0.25) is 6.41 Å². The highest BCUT2D eigenvalue weighted by atomic mass is 16.1. The van der Waals surface area contributed by atoms with Crippen molar-refractivity contribution in [2.24, 2.45) is 0 Å². The van der Waals surface area contributed by atoms with Gasteiger partial charge in [0.1, 0.15) is 0 Å². The van der Waals surface area contributed by atoms with Crippen molar-refractivity contribution >= 4 is 6.41 Å². The summed E-state index contributed by atoms with van der Waals surface area (Å²) in [5, 5.41) is 2.74. The fourth-order valence-electron chi connectivity index (χ4n) is 1.20. The van der Waals surface area contributed by atoms with E-state index in [0.29, 0.717) is 6.17 Å². The standard InChI is InChI=1S/C6H12N2O/c1-8-4-2-3-6(8)7-5-9/h5-6H,2-4H2,1H3,(H,7,9). The fourth-order valence-corrected chi connectivity index (χ4v) is 1.20. The number of amides is 1. The monoisotopic (exact) mass is 128 g/mol. The van der Waals surface area contributed by atoms with Crippen LogP contribution in [0.15, 0.2) is 0 Å². The average Bonchev–Trinajstić information content (AvgIpc) is 2.18. The van der Waals surface area contributed by atoms with Crippen LogP contribution >= 0.6 is 0 Å². The third-order valence-corrected chi connectivity index (χ3v) is 1.78. The molecule has 0 aliphatic carbocycles. The maximum Gasteiger partial charge on any atom is 0.208 e. The largest absolute Gasteiger partial charge is 0.343 e. The first-order valence-electron chi connectivity index (χ1n) is 3.24. The minimum atomic E-state index is 0.294. The minimum absolute atomic E-state index is 0.294. The third-order valence-electron chi connectivity index (χ3n) is 1.78. The van der Waals surface area contributed by atoms with E-state index in [1.165, 1.54) is 6.42 Å². The van der Waals surface area contributed by atoms with Gasteiger partial charge in [0.25, 0.3) is 0 Å². The van der Waals surface area contributed by atoms with Gasteiger partial charge in [-0.15, -0.1) is 0 Å². The zero-order chi connectivity index (χ0) is 6.69. The average molecular weight is 128 g/mol. The summed E-state index contributed by atoms with van der Waals surface area (Å²) in [4.78, 5) is 12.1. The summed E-state index contributed by atoms with van der Waals surface area (Å²) in [5.74, 6) is 0. The van der Waals surface area contributed by atoms with Gasteiger partial charge in [-0.25, -0.2) is 0 Å². The van der Waals surface area contributed by atoms with E-state index in [-0.39, 0.29) is 0 Å². The molecular weight excluding hydrogens is 116 g/mol. The van der Waals surface area contributed by atoms with Crippen LogP contribution in [0, 0.1) is 0 Å². The van der Waals surface area contributed by atoms with Gasteiger partial charge in [0, 0.05) is 0 Å². The maximum atomic E-state index is 9.97. The van der Waals surface area contributed by atoms with Crippen LogP contribution in [0.3, 0.4) is 0 Å². The van der Waals surface area contributed by atoms with Crippen LogP contribution < -0.4 is 5.32 Å². The highest BCUT2D eigenvalue weighted by molar-refractivity contribution is 5.46. The summed E-state index contributed by atoms with van der Waals surface area (Å²) in [5.41, 5.74) is 0. The Morgan fingerprint density at radius 1 is 1.78 bits per heavy atom. The summed E-state index contributed by atoms with van der Waals surface area (Å²) in [6, 6.07) is 0. The maximum absolute atomic E-state index is 9.97. The number of nitrogens with zero attached hydrogens (tertiary/aromatic N) is 1. The molecule has 1 aliphatic heterocycles. The summed E-state index contributed by atoms with van der Waals surface area (Å²) in [6.07, 6.45) is 3.35. The van der Waals surface area contributed by atoms with Crippen LogP contribution in [0.1, 0.15) is 12.8 Å². The molecule has 0 aromatic carbocycles. The Kier molecular flexibility index (Phi) is 2.05. The van der Waals surface area contributed by atoms with Gasteiger partial charge >= 0.3 is 0 Å². The van der Waals surface area contributed by atoms with Crippen molar-refractivity contribution in [2.75, 3.05) is 13.6 Å². The van der Waals surface area contributed by atoms with Gasteiger partial charge in [-0.2, -0.15) is 0 Å². The van der Waals surface area contributed by atoms with Crippen molar-refractivity contribution in [2.45, 2.75) is 19.0 Å². The summed E-state index contributed by atoms with van der Waals surface area (Å²) < 4.78 is 0. The molecule has 1 rings (SSSR count). The fraction of sp³-hybridized carbons (Fsp3) is 0.833. The number of likely N-dealkylation sites (tertiary alicyclic amines) is 1. The Labute approximate surface area is 55.0 Å². The Morgan fingerprint density at radius 3 is 3.00 bits per heavy atom. The van der Waals surface area contributed by atoms with E-state index in [2.05, 4.69) is 10.2 Å². The molecule has 1 aliphatic rings. The van der Waals surface area contributed by atoms with E-state index in [4.69, 9.17) is 0 Å². The summed E-state index contributed by atoms with van der Waals surface area (Å²) >= 11 is 0. The molecule has 52 valence electrons. The van der Waals surface area contributed by atoms with E-state index in [1.54, 1.807) is 0 Å². The molecular formula is C6H12N2O. The second-order valence-electron chi connectivity index (χ2n) is 2.42. The van der Waals surface area contributed by atoms with Gasteiger partial charge < -0.3 is 5.32 Å². The Bertz CT molecular complexity index is 105. The smallest absolute Gasteiger partial charge is 0.208 e. The molecule has 0 radical (unpaired) electrons. The molecule has 1 fully saturated rings. The molecule has 1 N–H and O–H groups in total. The molecule has 0 spiro atoms. The first kappa shape index (κ1) is 6.55. The van der Waals surface area contributed by atoms with Gasteiger partial charge in [-0.3, -0.25) is 9.69 Å².